The summed E-state index contributed by atoms with van der Waals surface area (Å²) in [5.41, 5.74) is 2.63. The number of ether oxygens (including phenoxy) is 2. The van der Waals surface area contributed by atoms with E-state index in [9.17, 15) is 4.79 Å². The Morgan fingerprint density at radius 1 is 1.20 bits per heavy atom. The van der Waals surface area contributed by atoms with Crippen molar-refractivity contribution in [2.45, 2.75) is 104 Å². The average molecular weight is 504 g/mol. The summed E-state index contributed by atoms with van der Waals surface area (Å²) in [5, 5.41) is 3.25. The summed E-state index contributed by atoms with van der Waals surface area (Å²) >= 11 is 0. The number of fused-ring (bicyclic) bond motifs is 1. The largest absolute Gasteiger partial charge is 0.444 e. The van der Waals surface area contributed by atoms with Crippen LogP contribution in [0.15, 0.2) is 18.2 Å². The highest BCUT2D eigenvalue weighted by molar-refractivity contribution is 6.74. The van der Waals surface area contributed by atoms with E-state index in [1.165, 1.54) is 5.56 Å². The van der Waals surface area contributed by atoms with Crippen LogP contribution in [0.3, 0.4) is 0 Å². The van der Waals surface area contributed by atoms with Gasteiger partial charge in [0.05, 0.1) is 17.1 Å². The van der Waals surface area contributed by atoms with E-state index in [4.69, 9.17) is 18.9 Å². The lowest BCUT2D eigenvalue weighted by atomic mass is 10.1. The van der Waals surface area contributed by atoms with Crippen LogP contribution in [-0.4, -0.2) is 49.4 Å². The van der Waals surface area contributed by atoms with Crippen molar-refractivity contribution in [1.29, 1.82) is 0 Å². The molecule has 0 radical (unpaired) electrons. The Morgan fingerprint density at radius 2 is 1.86 bits per heavy atom. The van der Waals surface area contributed by atoms with Gasteiger partial charge >= 0.3 is 6.09 Å². The molecule has 1 fully saturated rings. The van der Waals surface area contributed by atoms with Crippen LogP contribution in [0, 0.1) is 6.92 Å². The fourth-order valence-electron chi connectivity index (χ4n) is 4.16. The average Bonchev–Trinajstić information content (AvgIpc) is 3.09. The highest BCUT2D eigenvalue weighted by atomic mass is 28.4. The Bertz CT molecular complexity index is 1010. The normalized spacial score (nSPS) is 16.9. The van der Waals surface area contributed by atoms with Gasteiger partial charge in [-0.05, 0) is 82.8 Å². The quantitative estimate of drug-likeness (QED) is 0.427. The molecule has 0 saturated carbocycles. The van der Waals surface area contributed by atoms with Gasteiger partial charge in [0.25, 0.3) is 0 Å². The van der Waals surface area contributed by atoms with E-state index < -0.39 is 20.0 Å². The summed E-state index contributed by atoms with van der Waals surface area (Å²) < 4.78 is 20.1. The number of imidazole rings is 1. The molecule has 1 amide bonds. The third-order valence-corrected chi connectivity index (χ3v) is 11.6. The van der Waals surface area contributed by atoms with E-state index in [1.54, 1.807) is 0 Å². The van der Waals surface area contributed by atoms with E-state index in [2.05, 4.69) is 68.9 Å². The van der Waals surface area contributed by atoms with Gasteiger partial charge in [-0.15, -0.1) is 0 Å². The molecular formula is C27H45N3O4Si. The van der Waals surface area contributed by atoms with Crippen molar-refractivity contribution >= 4 is 25.4 Å². The number of rotatable bonds is 7. The Kier molecular flexibility index (Phi) is 8.39. The minimum atomic E-state index is -1.92. The predicted molar refractivity (Wildman–Crippen MR) is 143 cm³/mol. The monoisotopic (exact) mass is 503 g/mol. The molecule has 1 N–H and O–H groups in total. The first-order chi connectivity index (χ1) is 16.2. The highest BCUT2D eigenvalue weighted by Gasteiger charge is 2.37. The van der Waals surface area contributed by atoms with Crippen molar-refractivity contribution in [2.24, 2.45) is 0 Å². The number of amides is 1. The summed E-state index contributed by atoms with van der Waals surface area (Å²) in [6.45, 7) is 20.9. The van der Waals surface area contributed by atoms with Gasteiger partial charge in [-0.2, -0.15) is 0 Å². The molecule has 2 heterocycles. The van der Waals surface area contributed by atoms with E-state index in [-0.39, 0.29) is 17.1 Å². The summed E-state index contributed by atoms with van der Waals surface area (Å²) in [6.07, 6.45) is 2.03. The van der Waals surface area contributed by atoms with Gasteiger partial charge in [0, 0.05) is 25.9 Å². The number of nitrogens with zero attached hydrogens (tertiary/aromatic N) is 2. The molecule has 1 saturated heterocycles. The van der Waals surface area contributed by atoms with Crippen LogP contribution >= 0.6 is 0 Å². The molecule has 35 heavy (non-hydrogen) atoms. The fraction of sp³-hybridized carbons (Fsp3) is 0.704. The number of hydrogen-bond acceptors (Lipinski definition) is 5. The van der Waals surface area contributed by atoms with Crippen molar-refractivity contribution in [3.8, 4) is 0 Å². The molecule has 0 unspecified atom stereocenters. The number of aromatic nitrogens is 2. The number of aryl methyl sites for hydroxylation is 1. The fourth-order valence-corrected chi connectivity index (χ4v) is 5.23. The van der Waals surface area contributed by atoms with Crippen molar-refractivity contribution in [2.75, 3.05) is 19.8 Å². The highest BCUT2D eigenvalue weighted by Crippen LogP contribution is 2.37. The zero-order valence-corrected chi connectivity index (χ0v) is 24.2. The van der Waals surface area contributed by atoms with Crippen LogP contribution < -0.4 is 5.32 Å². The molecule has 0 spiro atoms. The molecule has 1 aromatic carbocycles. The molecule has 0 aliphatic carbocycles. The maximum Gasteiger partial charge on any atom is 0.408 e. The molecule has 196 valence electrons. The molecule has 0 bridgehead atoms. The Labute approximate surface area is 212 Å². The number of nitrogens with one attached hydrogen (secondary N) is 1. The van der Waals surface area contributed by atoms with Crippen LogP contribution in [0.1, 0.15) is 84.3 Å². The van der Waals surface area contributed by atoms with Crippen molar-refractivity contribution < 1.29 is 18.7 Å². The maximum atomic E-state index is 12.9. The first-order valence-electron chi connectivity index (χ1n) is 12.9. The van der Waals surface area contributed by atoms with Gasteiger partial charge in [-0.1, -0.05) is 26.8 Å². The van der Waals surface area contributed by atoms with Crippen LogP contribution in [0.5, 0.6) is 0 Å². The number of alkyl carbamates (subject to hydrolysis) is 1. The molecule has 7 nitrogen and oxygen atoms in total. The second-order valence-corrected chi connectivity index (χ2v) is 17.1. The Hall–Kier alpha value is -1.90. The summed E-state index contributed by atoms with van der Waals surface area (Å²) in [7, 11) is -1.92. The van der Waals surface area contributed by atoms with E-state index in [0.717, 1.165) is 42.9 Å². The maximum absolute atomic E-state index is 12.9. The third kappa shape index (κ3) is 7.08. The summed E-state index contributed by atoms with van der Waals surface area (Å²) in [6, 6.07) is 6.33. The lowest BCUT2D eigenvalue weighted by Gasteiger charge is -2.36. The molecule has 1 aliphatic rings. The van der Waals surface area contributed by atoms with Gasteiger partial charge in [0.15, 0.2) is 8.32 Å². The smallest absolute Gasteiger partial charge is 0.408 e. The third-order valence-electron chi connectivity index (χ3n) is 7.11. The number of hydrogen-bond donors (Lipinski definition) is 1. The predicted octanol–water partition coefficient (Wildman–Crippen LogP) is 6.67. The molecule has 1 aromatic heterocycles. The van der Waals surface area contributed by atoms with E-state index in [1.807, 2.05) is 20.8 Å². The molecule has 2 aromatic rings. The van der Waals surface area contributed by atoms with Crippen molar-refractivity contribution in [1.82, 2.24) is 14.9 Å². The zero-order chi connectivity index (χ0) is 26.0. The van der Waals surface area contributed by atoms with Crippen molar-refractivity contribution in [3.05, 3.63) is 29.6 Å². The minimum Gasteiger partial charge on any atom is -0.444 e. The molecule has 1 atom stereocenters. The Morgan fingerprint density at radius 3 is 2.46 bits per heavy atom. The van der Waals surface area contributed by atoms with Crippen molar-refractivity contribution in [3.63, 3.8) is 0 Å². The van der Waals surface area contributed by atoms with Gasteiger partial charge in [0.1, 0.15) is 11.4 Å². The second-order valence-electron chi connectivity index (χ2n) is 12.3. The SMILES string of the molecule is Cc1ccc2c(c1)nc([C@H](CCO[Si](C)(C)C(C)(C)C)NC(=O)OC(C)(C)C)n2C1CCOCC1. The summed E-state index contributed by atoms with van der Waals surface area (Å²) in [5.74, 6) is 0.863. The summed E-state index contributed by atoms with van der Waals surface area (Å²) in [4.78, 5) is 18.0. The standard InChI is InChI=1S/C27H45N3O4Si/c1-19-10-11-23-22(18-19)28-24(30(23)20-12-15-32-16-13-20)21(29-25(31)34-26(2,3)4)14-17-33-35(8,9)27(5,6)7/h10-11,18,20-21H,12-17H2,1-9H3,(H,29,31)/t21-/m0/s1. The van der Waals surface area contributed by atoms with Crippen LogP contribution in [0.25, 0.3) is 11.0 Å². The van der Waals surface area contributed by atoms with Crippen LogP contribution in [-0.2, 0) is 13.9 Å². The minimum absolute atomic E-state index is 0.119. The first kappa shape index (κ1) is 27.7. The number of carbonyl (C=O) groups excluding carboxylic acids is 1. The first-order valence-corrected chi connectivity index (χ1v) is 15.8. The van der Waals surface area contributed by atoms with Gasteiger partial charge < -0.3 is 23.8 Å². The number of benzene rings is 1. The molecular weight excluding hydrogens is 458 g/mol. The second kappa shape index (κ2) is 10.6. The molecule has 3 rings (SSSR count). The lowest BCUT2D eigenvalue weighted by Crippen LogP contribution is -2.42. The van der Waals surface area contributed by atoms with Crippen LogP contribution in [0.2, 0.25) is 18.1 Å². The van der Waals surface area contributed by atoms with E-state index in [0.29, 0.717) is 13.0 Å². The topological polar surface area (TPSA) is 74.6 Å². The Balaban J connectivity index is 1.97. The number of carbonyl (C=O) groups is 1. The lowest BCUT2D eigenvalue weighted by molar-refractivity contribution is 0.0485. The van der Waals surface area contributed by atoms with Crippen LogP contribution in [0.4, 0.5) is 4.79 Å². The van der Waals surface area contributed by atoms with Gasteiger partial charge in [-0.3, -0.25) is 0 Å². The molecule has 1 aliphatic heterocycles. The van der Waals surface area contributed by atoms with E-state index >= 15 is 0 Å². The molecule has 8 heteroatoms. The van der Waals surface area contributed by atoms with Gasteiger partial charge in [-0.25, -0.2) is 9.78 Å². The zero-order valence-electron chi connectivity index (χ0n) is 23.2. The van der Waals surface area contributed by atoms with Gasteiger partial charge in [0.2, 0.25) is 0 Å².